The minimum Gasteiger partial charge on any atom is -0.381 e. The summed E-state index contributed by atoms with van der Waals surface area (Å²) in [4.78, 5) is 11.3. The van der Waals surface area contributed by atoms with Gasteiger partial charge in [0.25, 0.3) is 5.91 Å². The van der Waals surface area contributed by atoms with Crippen LogP contribution in [-0.2, 0) is 0 Å². The lowest BCUT2D eigenvalue weighted by Crippen LogP contribution is -2.15. The fourth-order valence-corrected chi connectivity index (χ4v) is 1.70. The van der Waals surface area contributed by atoms with Crippen LogP contribution in [0, 0.1) is 0 Å². The average molecular weight is 271 g/mol. The molecule has 17 heavy (non-hydrogen) atoms. The molecule has 1 aromatic carbocycles. The number of nitrogens with two attached hydrogens (primary N) is 2. The van der Waals surface area contributed by atoms with E-state index in [1.54, 1.807) is 12.1 Å². The molecule has 0 fully saturated rings. The van der Waals surface area contributed by atoms with Crippen molar-refractivity contribution in [3.8, 4) is 5.69 Å². The highest BCUT2D eigenvalue weighted by Gasteiger charge is 2.13. The molecule has 0 radical (unpaired) electrons. The maximum atomic E-state index is 11.3. The second-order valence-electron chi connectivity index (χ2n) is 3.33. The van der Waals surface area contributed by atoms with Crippen LogP contribution in [0.1, 0.15) is 10.4 Å². The van der Waals surface area contributed by atoms with Gasteiger partial charge >= 0.3 is 0 Å². The van der Waals surface area contributed by atoms with Crippen LogP contribution in [0.5, 0.6) is 0 Å². The zero-order chi connectivity index (χ0) is 12.6. The fourth-order valence-electron chi connectivity index (χ4n) is 1.40. The van der Waals surface area contributed by atoms with Crippen LogP contribution in [0.25, 0.3) is 5.69 Å². The molecule has 1 heterocycles. The van der Waals surface area contributed by atoms with Crippen molar-refractivity contribution in [2.24, 2.45) is 5.73 Å². The number of benzene rings is 1. The Bertz CT molecular complexity index is 574. The third-order valence-electron chi connectivity index (χ3n) is 2.17. The number of primary amides is 1. The van der Waals surface area contributed by atoms with Crippen molar-refractivity contribution in [3.63, 3.8) is 0 Å². The Morgan fingerprint density at radius 3 is 2.59 bits per heavy atom. The lowest BCUT2D eigenvalue weighted by Gasteiger charge is -2.06. The minimum atomic E-state index is -0.604. The molecule has 0 spiro atoms. The monoisotopic (exact) mass is 270 g/mol. The summed E-state index contributed by atoms with van der Waals surface area (Å²) >= 11 is 11.6. The molecule has 0 aliphatic heterocycles. The van der Waals surface area contributed by atoms with Crippen LogP contribution >= 0.6 is 23.2 Å². The molecule has 1 amide bonds. The van der Waals surface area contributed by atoms with Crippen LogP contribution in [-0.4, -0.2) is 15.7 Å². The number of carbonyl (C=O) groups excluding carboxylic acids is 1. The lowest BCUT2D eigenvalue weighted by atomic mass is 10.1. The quantitative estimate of drug-likeness (QED) is 0.873. The molecule has 0 saturated carbocycles. The second-order valence-corrected chi connectivity index (χ2v) is 4.18. The summed E-state index contributed by atoms with van der Waals surface area (Å²) in [6.07, 6.45) is 1.49. The van der Waals surface area contributed by atoms with Gasteiger partial charge in [0.15, 0.2) is 5.82 Å². The number of rotatable bonds is 2. The van der Waals surface area contributed by atoms with Crippen LogP contribution in [0.3, 0.4) is 0 Å². The smallest absolute Gasteiger partial charge is 0.250 e. The molecule has 2 rings (SSSR count). The van der Waals surface area contributed by atoms with Gasteiger partial charge in [-0.15, -0.1) is 5.10 Å². The maximum absolute atomic E-state index is 11.3. The van der Waals surface area contributed by atoms with Crippen LogP contribution < -0.4 is 11.5 Å². The molecule has 1 aromatic heterocycles. The van der Waals surface area contributed by atoms with Crippen LogP contribution in [0.15, 0.2) is 24.4 Å². The molecular formula is C10H8Cl2N4O. The summed E-state index contributed by atoms with van der Waals surface area (Å²) in [5.74, 6) is -0.426. The average Bonchev–Trinajstić information content (AvgIpc) is 2.59. The summed E-state index contributed by atoms with van der Waals surface area (Å²) in [6.45, 7) is 0. The second kappa shape index (κ2) is 4.27. The topological polar surface area (TPSA) is 86.9 Å². The van der Waals surface area contributed by atoms with E-state index >= 15 is 0 Å². The lowest BCUT2D eigenvalue weighted by molar-refractivity contribution is 0.1000. The van der Waals surface area contributed by atoms with E-state index < -0.39 is 5.91 Å². The molecular weight excluding hydrogens is 263 g/mol. The normalized spacial score (nSPS) is 10.5. The molecule has 0 unspecified atom stereocenters. The standard InChI is InChI=1S/C10H8Cl2N4O/c11-5-1-2-8(6(3-5)10(14)17)16-4-7(12)9(13)15-16/h1-4H,(H2,13,15)(H2,14,17). The molecule has 4 N–H and O–H groups in total. The number of nitrogens with zero attached hydrogens (tertiary/aromatic N) is 2. The molecule has 0 aliphatic rings. The Morgan fingerprint density at radius 1 is 1.35 bits per heavy atom. The minimum absolute atomic E-state index is 0.178. The van der Waals surface area contributed by atoms with Crippen molar-refractivity contribution in [1.82, 2.24) is 9.78 Å². The number of halogens is 2. The first kappa shape index (κ1) is 11.8. The molecule has 0 bridgehead atoms. The zero-order valence-corrected chi connectivity index (χ0v) is 10.0. The Balaban J connectivity index is 2.62. The van der Waals surface area contributed by atoms with Crippen molar-refractivity contribution in [3.05, 3.63) is 40.0 Å². The summed E-state index contributed by atoms with van der Waals surface area (Å²) < 4.78 is 1.38. The Kier molecular flexibility index (Phi) is 2.95. The third-order valence-corrected chi connectivity index (χ3v) is 2.69. The van der Waals surface area contributed by atoms with E-state index in [-0.39, 0.29) is 11.4 Å². The highest BCUT2D eigenvalue weighted by atomic mass is 35.5. The molecule has 0 aliphatic carbocycles. The zero-order valence-electron chi connectivity index (χ0n) is 8.52. The predicted molar refractivity (Wildman–Crippen MR) is 66.5 cm³/mol. The molecule has 5 nitrogen and oxygen atoms in total. The van der Waals surface area contributed by atoms with E-state index in [9.17, 15) is 4.79 Å². The van der Waals surface area contributed by atoms with Crippen LogP contribution in [0.2, 0.25) is 10.0 Å². The van der Waals surface area contributed by atoms with Gasteiger partial charge in [-0.25, -0.2) is 4.68 Å². The highest BCUT2D eigenvalue weighted by molar-refractivity contribution is 6.32. The SMILES string of the molecule is NC(=O)c1cc(Cl)ccc1-n1cc(Cl)c(N)n1. The highest BCUT2D eigenvalue weighted by Crippen LogP contribution is 2.23. The number of aromatic nitrogens is 2. The van der Waals surface area contributed by atoms with Gasteiger partial charge in [0.2, 0.25) is 0 Å². The molecule has 88 valence electrons. The van der Waals surface area contributed by atoms with Gasteiger partial charge in [0, 0.05) is 5.02 Å². The number of anilines is 1. The summed E-state index contributed by atoms with van der Waals surface area (Å²) in [5.41, 5.74) is 11.5. The van der Waals surface area contributed by atoms with Gasteiger partial charge in [0.1, 0.15) is 5.02 Å². The van der Waals surface area contributed by atoms with Gasteiger partial charge < -0.3 is 11.5 Å². The third kappa shape index (κ3) is 2.20. The van der Waals surface area contributed by atoms with Gasteiger partial charge in [-0.1, -0.05) is 23.2 Å². The number of carbonyl (C=O) groups is 1. The number of amides is 1. The molecule has 0 atom stereocenters. The number of hydrogen-bond donors (Lipinski definition) is 2. The van der Waals surface area contributed by atoms with Crippen molar-refractivity contribution < 1.29 is 4.79 Å². The largest absolute Gasteiger partial charge is 0.381 e. The molecule has 7 heteroatoms. The van der Waals surface area contributed by atoms with Crippen molar-refractivity contribution in [1.29, 1.82) is 0 Å². The Hall–Kier alpha value is -1.72. The van der Waals surface area contributed by atoms with E-state index in [1.165, 1.54) is 16.9 Å². The first-order valence-electron chi connectivity index (χ1n) is 4.59. The maximum Gasteiger partial charge on any atom is 0.250 e. The van der Waals surface area contributed by atoms with Crippen molar-refractivity contribution in [2.45, 2.75) is 0 Å². The van der Waals surface area contributed by atoms with Crippen LogP contribution in [0.4, 0.5) is 5.82 Å². The Labute approximate surface area is 107 Å². The first-order valence-corrected chi connectivity index (χ1v) is 5.35. The van der Waals surface area contributed by atoms with Gasteiger partial charge in [-0.05, 0) is 18.2 Å². The van der Waals surface area contributed by atoms with Gasteiger partial charge in [0.05, 0.1) is 17.4 Å². The predicted octanol–water partition coefficient (Wildman–Crippen LogP) is 1.86. The van der Waals surface area contributed by atoms with E-state index in [0.29, 0.717) is 15.7 Å². The van der Waals surface area contributed by atoms with E-state index in [0.717, 1.165) is 0 Å². The summed E-state index contributed by atoms with van der Waals surface area (Å²) in [6, 6.07) is 4.70. The molecule has 0 saturated heterocycles. The summed E-state index contributed by atoms with van der Waals surface area (Å²) in [5, 5.41) is 4.68. The van der Waals surface area contributed by atoms with Gasteiger partial charge in [-0.3, -0.25) is 4.79 Å². The van der Waals surface area contributed by atoms with Crippen molar-refractivity contribution >= 4 is 34.9 Å². The van der Waals surface area contributed by atoms with Gasteiger partial charge in [-0.2, -0.15) is 0 Å². The van der Waals surface area contributed by atoms with E-state index in [2.05, 4.69) is 5.10 Å². The summed E-state index contributed by atoms with van der Waals surface area (Å²) in [7, 11) is 0. The van der Waals surface area contributed by atoms with E-state index in [1.807, 2.05) is 0 Å². The van der Waals surface area contributed by atoms with Crippen molar-refractivity contribution in [2.75, 3.05) is 5.73 Å². The fraction of sp³-hybridized carbons (Fsp3) is 0. The number of nitrogen functional groups attached to an aromatic ring is 1. The number of hydrogen-bond acceptors (Lipinski definition) is 3. The molecule has 2 aromatic rings. The Morgan fingerprint density at radius 2 is 2.06 bits per heavy atom. The van der Waals surface area contributed by atoms with E-state index in [4.69, 9.17) is 34.7 Å². The first-order chi connectivity index (χ1) is 7.99.